The molecule has 0 fully saturated rings. The molecule has 0 N–H and O–H groups in total. The highest BCUT2D eigenvalue weighted by atomic mass is 32.1. The Morgan fingerprint density at radius 1 is 1.25 bits per heavy atom. The van der Waals surface area contributed by atoms with Crippen LogP contribution in [0.1, 0.15) is 16.6 Å². The van der Waals surface area contributed by atoms with Crippen molar-refractivity contribution in [2.75, 3.05) is 6.61 Å². The third kappa shape index (κ3) is 2.42. The third-order valence-electron chi connectivity index (χ3n) is 2.99. The zero-order valence-electron chi connectivity index (χ0n) is 11.0. The summed E-state index contributed by atoms with van der Waals surface area (Å²) in [6.45, 7) is 2.21. The molecule has 3 nitrogen and oxygen atoms in total. The predicted molar refractivity (Wildman–Crippen MR) is 81.0 cm³/mol. The first kappa shape index (κ1) is 12.8. The van der Waals surface area contributed by atoms with Crippen LogP contribution in [0.2, 0.25) is 0 Å². The first-order valence-electron chi connectivity index (χ1n) is 6.39. The normalized spacial score (nSPS) is 10.7. The van der Waals surface area contributed by atoms with Crippen molar-refractivity contribution >= 4 is 27.4 Å². The Morgan fingerprint density at radius 3 is 2.90 bits per heavy atom. The summed E-state index contributed by atoms with van der Waals surface area (Å²) >= 11 is 1.46. The third-order valence-corrected chi connectivity index (χ3v) is 4.08. The lowest BCUT2D eigenvalue weighted by Crippen LogP contribution is -2.01. The van der Waals surface area contributed by atoms with E-state index in [2.05, 4.69) is 11.1 Å². The van der Waals surface area contributed by atoms with Gasteiger partial charge in [-0.2, -0.15) is 0 Å². The van der Waals surface area contributed by atoms with Gasteiger partial charge in [0.2, 0.25) is 0 Å². The topological polar surface area (TPSA) is 39.2 Å². The summed E-state index contributed by atoms with van der Waals surface area (Å²) in [4.78, 5) is 16.5. The van der Waals surface area contributed by atoms with Crippen LogP contribution in [0.3, 0.4) is 0 Å². The molecule has 0 saturated carbocycles. The lowest BCUT2D eigenvalue weighted by atomic mass is 10.1. The SMILES string of the molecule is CCOC(=O)c1cc2cc(-c3cccnc3)ccc2s1. The van der Waals surface area contributed by atoms with E-state index < -0.39 is 0 Å². The summed E-state index contributed by atoms with van der Waals surface area (Å²) in [5, 5.41) is 1.06. The van der Waals surface area contributed by atoms with Crippen LogP contribution in [-0.4, -0.2) is 17.6 Å². The molecule has 3 aromatic rings. The standard InChI is InChI=1S/C16H13NO2S/c1-2-19-16(18)15-9-13-8-11(5-6-14(13)20-15)12-4-3-7-17-10-12/h3-10H,2H2,1H3. The van der Waals surface area contributed by atoms with Crippen LogP contribution in [0, 0.1) is 0 Å². The van der Waals surface area contributed by atoms with Gasteiger partial charge in [-0.25, -0.2) is 4.79 Å². The fourth-order valence-corrected chi connectivity index (χ4v) is 3.00. The minimum absolute atomic E-state index is 0.253. The summed E-state index contributed by atoms with van der Waals surface area (Å²) in [5.41, 5.74) is 2.16. The number of carbonyl (C=O) groups is 1. The van der Waals surface area contributed by atoms with Crippen molar-refractivity contribution in [1.82, 2.24) is 4.98 Å². The first-order valence-corrected chi connectivity index (χ1v) is 7.20. The molecular formula is C16H13NO2S. The molecule has 100 valence electrons. The number of hydrogen-bond acceptors (Lipinski definition) is 4. The Kier molecular flexibility index (Phi) is 3.48. The van der Waals surface area contributed by atoms with Gasteiger partial charge in [0.05, 0.1) is 6.61 Å². The van der Waals surface area contributed by atoms with Crippen LogP contribution in [0.25, 0.3) is 21.2 Å². The van der Waals surface area contributed by atoms with Gasteiger partial charge in [-0.15, -0.1) is 11.3 Å². The molecule has 1 aromatic carbocycles. The maximum Gasteiger partial charge on any atom is 0.348 e. The van der Waals surface area contributed by atoms with Gasteiger partial charge in [0, 0.05) is 22.7 Å². The van der Waals surface area contributed by atoms with Crippen molar-refractivity contribution in [3.05, 3.63) is 53.7 Å². The Balaban J connectivity index is 2.02. The zero-order valence-corrected chi connectivity index (χ0v) is 11.8. The van der Waals surface area contributed by atoms with Crippen LogP contribution in [0.4, 0.5) is 0 Å². The van der Waals surface area contributed by atoms with E-state index in [0.29, 0.717) is 11.5 Å². The van der Waals surface area contributed by atoms with Crippen LogP contribution < -0.4 is 0 Å². The Labute approximate surface area is 120 Å². The van der Waals surface area contributed by atoms with Crippen molar-refractivity contribution in [3.63, 3.8) is 0 Å². The summed E-state index contributed by atoms with van der Waals surface area (Å²) in [7, 11) is 0. The highest BCUT2D eigenvalue weighted by molar-refractivity contribution is 7.20. The molecule has 3 rings (SSSR count). The highest BCUT2D eigenvalue weighted by Gasteiger charge is 2.11. The van der Waals surface area contributed by atoms with E-state index in [-0.39, 0.29) is 5.97 Å². The van der Waals surface area contributed by atoms with E-state index in [1.54, 1.807) is 6.20 Å². The van der Waals surface area contributed by atoms with Crippen LogP contribution in [0.15, 0.2) is 48.8 Å². The van der Waals surface area contributed by atoms with Gasteiger partial charge in [-0.3, -0.25) is 4.98 Å². The highest BCUT2D eigenvalue weighted by Crippen LogP contribution is 2.30. The number of esters is 1. The van der Waals surface area contributed by atoms with Gasteiger partial charge in [0.1, 0.15) is 4.88 Å². The van der Waals surface area contributed by atoms with Gasteiger partial charge in [0.25, 0.3) is 0 Å². The number of hydrogen-bond donors (Lipinski definition) is 0. The molecule has 0 aliphatic carbocycles. The number of thiophene rings is 1. The average molecular weight is 283 g/mol. The van der Waals surface area contributed by atoms with Crippen molar-refractivity contribution in [3.8, 4) is 11.1 Å². The fourth-order valence-electron chi connectivity index (χ4n) is 2.06. The molecule has 0 amide bonds. The number of aromatic nitrogens is 1. The quantitative estimate of drug-likeness (QED) is 0.678. The second-order valence-corrected chi connectivity index (χ2v) is 5.41. The number of benzene rings is 1. The van der Waals surface area contributed by atoms with E-state index in [1.807, 2.05) is 43.5 Å². The summed E-state index contributed by atoms with van der Waals surface area (Å²) in [6.07, 6.45) is 3.59. The predicted octanol–water partition coefficient (Wildman–Crippen LogP) is 4.14. The second-order valence-electron chi connectivity index (χ2n) is 4.33. The molecular weight excluding hydrogens is 270 g/mol. The van der Waals surface area contributed by atoms with Gasteiger partial charge in [-0.05, 0) is 42.1 Å². The molecule has 0 atom stereocenters. The number of pyridine rings is 1. The largest absolute Gasteiger partial charge is 0.462 e. The Bertz CT molecular complexity index is 750. The second kappa shape index (κ2) is 5.43. The van der Waals surface area contributed by atoms with Gasteiger partial charge < -0.3 is 4.74 Å². The zero-order chi connectivity index (χ0) is 13.9. The Hall–Kier alpha value is -2.20. The van der Waals surface area contributed by atoms with Gasteiger partial charge >= 0.3 is 5.97 Å². The monoisotopic (exact) mass is 283 g/mol. The van der Waals surface area contributed by atoms with Crippen molar-refractivity contribution < 1.29 is 9.53 Å². The average Bonchev–Trinajstić information content (AvgIpc) is 2.91. The molecule has 0 unspecified atom stereocenters. The Morgan fingerprint density at radius 2 is 2.15 bits per heavy atom. The molecule has 0 spiro atoms. The number of carbonyl (C=O) groups excluding carboxylic acids is 1. The van der Waals surface area contributed by atoms with Crippen molar-refractivity contribution in [2.45, 2.75) is 6.92 Å². The molecule has 4 heteroatoms. The van der Waals surface area contributed by atoms with Crippen LogP contribution >= 0.6 is 11.3 Å². The smallest absolute Gasteiger partial charge is 0.348 e. The molecule has 0 aliphatic rings. The van der Waals surface area contributed by atoms with E-state index in [0.717, 1.165) is 21.2 Å². The van der Waals surface area contributed by atoms with E-state index in [9.17, 15) is 4.79 Å². The lowest BCUT2D eigenvalue weighted by molar-refractivity contribution is 0.0532. The maximum atomic E-state index is 11.7. The van der Waals surface area contributed by atoms with Gasteiger partial charge in [-0.1, -0.05) is 12.1 Å². The molecule has 0 aliphatic heterocycles. The number of nitrogens with zero attached hydrogens (tertiary/aromatic N) is 1. The molecule has 0 bridgehead atoms. The fraction of sp³-hybridized carbons (Fsp3) is 0.125. The first-order chi connectivity index (χ1) is 9.78. The minimum atomic E-state index is -0.253. The van der Waals surface area contributed by atoms with E-state index >= 15 is 0 Å². The minimum Gasteiger partial charge on any atom is -0.462 e. The van der Waals surface area contributed by atoms with E-state index in [4.69, 9.17) is 4.74 Å². The summed E-state index contributed by atoms with van der Waals surface area (Å²) in [6, 6.07) is 12.0. The van der Waals surface area contributed by atoms with Crippen molar-refractivity contribution in [2.24, 2.45) is 0 Å². The molecule has 0 saturated heterocycles. The molecule has 2 heterocycles. The van der Waals surface area contributed by atoms with Crippen LogP contribution in [-0.2, 0) is 4.74 Å². The molecule has 0 radical (unpaired) electrons. The van der Waals surface area contributed by atoms with Gasteiger partial charge in [0.15, 0.2) is 0 Å². The lowest BCUT2D eigenvalue weighted by Gasteiger charge is -2.00. The number of rotatable bonds is 3. The van der Waals surface area contributed by atoms with Crippen molar-refractivity contribution in [1.29, 1.82) is 0 Å². The number of ether oxygens (including phenoxy) is 1. The maximum absolute atomic E-state index is 11.7. The number of fused-ring (bicyclic) bond motifs is 1. The summed E-state index contributed by atoms with van der Waals surface area (Å²) < 4.78 is 6.12. The summed E-state index contributed by atoms with van der Waals surface area (Å²) in [5.74, 6) is -0.253. The molecule has 20 heavy (non-hydrogen) atoms. The van der Waals surface area contributed by atoms with Crippen LogP contribution in [0.5, 0.6) is 0 Å². The molecule has 2 aromatic heterocycles. The van der Waals surface area contributed by atoms with E-state index in [1.165, 1.54) is 11.3 Å².